The Labute approximate surface area is 166 Å². The van der Waals surface area contributed by atoms with Crippen molar-refractivity contribution in [1.29, 1.82) is 0 Å². The maximum absolute atomic E-state index is 10.8. The summed E-state index contributed by atoms with van der Waals surface area (Å²) in [6, 6.07) is 4.19. The van der Waals surface area contributed by atoms with Gasteiger partial charge in [-0.25, -0.2) is 0 Å². The number of benzene rings is 1. The molecule has 0 unspecified atom stereocenters. The summed E-state index contributed by atoms with van der Waals surface area (Å²) in [7, 11) is 0. The molecule has 0 bridgehead atoms. The second-order valence-corrected chi connectivity index (χ2v) is 9.29. The predicted octanol–water partition coefficient (Wildman–Crippen LogP) is 7.30. The van der Waals surface area contributed by atoms with Gasteiger partial charge < -0.3 is 9.84 Å². The third-order valence-electron chi connectivity index (χ3n) is 6.60. The molecule has 1 N–H and O–H groups in total. The molecule has 1 aliphatic carbocycles. The Kier molecular flexibility index (Phi) is 6.55. The predicted molar refractivity (Wildman–Crippen MR) is 114 cm³/mol. The number of allylic oxidation sites excluding steroid dienone is 2. The molecule has 0 fully saturated rings. The molecule has 1 aromatic rings. The molecule has 0 spiro atoms. The number of rotatable bonds is 8. The molecule has 1 aliphatic heterocycles. The highest BCUT2D eigenvalue weighted by atomic mass is 16.5. The number of aromatic hydroxyl groups is 1. The maximum atomic E-state index is 10.8. The van der Waals surface area contributed by atoms with E-state index in [9.17, 15) is 5.11 Å². The van der Waals surface area contributed by atoms with Gasteiger partial charge in [0.15, 0.2) is 0 Å². The molecule has 0 saturated heterocycles. The van der Waals surface area contributed by atoms with Gasteiger partial charge in [0.1, 0.15) is 17.1 Å². The molecule has 1 aromatic carbocycles. The molecular weight excluding hydrogens is 332 g/mol. The number of phenolic OH excluding ortho intramolecular Hbond substituents is 1. The quantitative estimate of drug-likeness (QED) is 0.384. The Balaban J connectivity index is 1.69. The van der Waals surface area contributed by atoms with E-state index in [0.29, 0.717) is 11.7 Å². The van der Waals surface area contributed by atoms with Gasteiger partial charge in [-0.1, -0.05) is 57.1 Å². The molecule has 0 radical (unpaired) electrons. The van der Waals surface area contributed by atoms with Crippen LogP contribution in [0.25, 0.3) is 0 Å². The number of aryl methyl sites for hydroxylation is 1. The zero-order valence-electron chi connectivity index (χ0n) is 17.8. The fraction of sp³-hybridized carbons (Fsp3) is 0.680. The van der Waals surface area contributed by atoms with E-state index in [0.717, 1.165) is 30.6 Å². The number of phenols is 1. The third-order valence-corrected chi connectivity index (χ3v) is 6.60. The van der Waals surface area contributed by atoms with Gasteiger partial charge in [-0.05, 0) is 64.2 Å². The molecule has 0 aromatic heterocycles. The summed E-state index contributed by atoms with van der Waals surface area (Å²) in [5.41, 5.74) is 3.48. The molecule has 2 nitrogen and oxygen atoms in total. The van der Waals surface area contributed by atoms with Crippen LogP contribution in [0.15, 0.2) is 23.8 Å². The van der Waals surface area contributed by atoms with E-state index < -0.39 is 0 Å². The Morgan fingerprint density at radius 2 is 1.78 bits per heavy atom. The molecule has 2 heteroatoms. The van der Waals surface area contributed by atoms with Gasteiger partial charge in [0.25, 0.3) is 0 Å². The molecule has 2 aliphatic rings. The van der Waals surface area contributed by atoms with E-state index in [1.54, 1.807) is 0 Å². The fourth-order valence-electron chi connectivity index (χ4n) is 5.01. The molecule has 27 heavy (non-hydrogen) atoms. The average Bonchev–Trinajstić information content (AvgIpc) is 2.59. The molecule has 2 atom stereocenters. The van der Waals surface area contributed by atoms with Crippen molar-refractivity contribution >= 4 is 0 Å². The summed E-state index contributed by atoms with van der Waals surface area (Å²) in [5, 5.41) is 10.8. The highest BCUT2D eigenvalue weighted by Crippen LogP contribution is 2.53. The lowest BCUT2D eigenvalue weighted by molar-refractivity contribution is 0.0107. The van der Waals surface area contributed by atoms with Crippen molar-refractivity contribution < 1.29 is 9.84 Å². The first-order chi connectivity index (χ1) is 12.9. The number of fused-ring (bicyclic) bond motifs is 3. The van der Waals surface area contributed by atoms with Gasteiger partial charge in [0.05, 0.1) is 0 Å². The maximum Gasteiger partial charge on any atom is 0.127 e. The summed E-state index contributed by atoms with van der Waals surface area (Å²) in [6.07, 6.45) is 14.9. The highest BCUT2D eigenvalue weighted by molar-refractivity contribution is 5.53. The van der Waals surface area contributed by atoms with Crippen molar-refractivity contribution in [3.05, 3.63) is 34.9 Å². The summed E-state index contributed by atoms with van der Waals surface area (Å²) in [5.74, 6) is 2.06. The van der Waals surface area contributed by atoms with E-state index in [4.69, 9.17) is 4.74 Å². The number of hydrogen-bond donors (Lipinski definition) is 1. The summed E-state index contributed by atoms with van der Waals surface area (Å²) in [6.45, 7) is 8.90. The number of unbranched alkanes of at least 4 members (excludes halogenated alkanes) is 6. The molecule has 0 amide bonds. The lowest BCUT2D eigenvalue weighted by Crippen LogP contribution is -2.45. The molecule has 3 rings (SSSR count). The van der Waals surface area contributed by atoms with E-state index in [1.165, 1.54) is 56.1 Å². The fourth-order valence-corrected chi connectivity index (χ4v) is 5.01. The van der Waals surface area contributed by atoms with Crippen LogP contribution in [0.5, 0.6) is 11.5 Å². The second kappa shape index (κ2) is 8.71. The standard InChI is InChI=1S/C25H38O2/c1-5-6-7-8-9-10-11-12-19-16-22(26)24-20-15-18(2)13-14-21(20)25(3,4)27-23(24)17-19/h15-17,20-21,26H,5-14H2,1-4H3/t20-,21-/m1/s1. The number of ether oxygens (including phenoxy) is 1. The molecular formula is C25H38O2. The Hall–Kier alpha value is -1.44. The summed E-state index contributed by atoms with van der Waals surface area (Å²) >= 11 is 0. The van der Waals surface area contributed by atoms with Crippen molar-refractivity contribution in [2.45, 2.75) is 103 Å². The van der Waals surface area contributed by atoms with Crippen LogP contribution in [-0.4, -0.2) is 10.7 Å². The molecule has 0 saturated carbocycles. The van der Waals surface area contributed by atoms with E-state index in [-0.39, 0.29) is 11.5 Å². The van der Waals surface area contributed by atoms with E-state index in [2.05, 4.69) is 39.8 Å². The van der Waals surface area contributed by atoms with E-state index in [1.807, 2.05) is 6.07 Å². The van der Waals surface area contributed by atoms with Gasteiger partial charge in [-0.2, -0.15) is 0 Å². The normalized spacial score (nSPS) is 23.2. The van der Waals surface area contributed by atoms with Crippen LogP contribution in [0, 0.1) is 5.92 Å². The van der Waals surface area contributed by atoms with Gasteiger partial charge in [0, 0.05) is 17.4 Å². The van der Waals surface area contributed by atoms with Crippen LogP contribution in [0.2, 0.25) is 0 Å². The minimum atomic E-state index is -0.181. The highest BCUT2D eigenvalue weighted by Gasteiger charge is 2.45. The molecule has 1 heterocycles. The van der Waals surface area contributed by atoms with Gasteiger partial charge in [-0.15, -0.1) is 0 Å². The topological polar surface area (TPSA) is 29.5 Å². The smallest absolute Gasteiger partial charge is 0.127 e. The van der Waals surface area contributed by atoms with Crippen molar-refractivity contribution in [3.63, 3.8) is 0 Å². The Morgan fingerprint density at radius 3 is 2.52 bits per heavy atom. The zero-order valence-corrected chi connectivity index (χ0v) is 17.8. The Morgan fingerprint density at radius 1 is 1.07 bits per heavy atom. The monoisotopic (exact) mass is 370 g/mol. The van der Waals surface area contributed by atoms with Gasteiger partial charge >= 0.3 is 0 Å². The first-order valence-electron chi connectivity index (χ1n) is 11.1. The first-order valence-corrected chi connectivity index (χ1v) is 11.1. The lowest BCUT2D eigenvalue weighted by Gasteiger charge is -2.46. The lowest BCUT2D eigenvalue weighted by atomic mass is 9.68. The molecule has 150 valence electrons. The van der Waals surface area contributed by atoms with Crippen molar-refractivity contribution in [1.82, 2.24) is 0 Å². The minimum Gasteiger partial charge on any atom is -0.507 e. The van der Waals surface area contributed by atoms with Crippen molar-refractivity contribution in [3.8, 4) is 11.5 Å². The van der Waals surface area contributed by atoms with Crippen LogP contribution in [0.3, 0.4) is 0 Å². The van der Waals surface area contributed by atoms with Gasteiger partial charge in [0.2, 0.25) is 0 Å². The van der Waals surface area contributed by atoms with Crippen LogP contribution in [0.1, 0.15) is 103 Å². The van der Waals surface area contributed by atoms with Crippen LogP contribution < -0.4 is 4.74 Å². The Bertz CT molecular complexity index is 671. The average molecular weight is 371 g/mol. The van der Waals surface area contributed by atoms with Crippen molar-refractivity contribution in [2.75, 3.05) is 0 Å². The van der Waals surface area contributed by atoms with Crippen LogP contribution in [0.4, 0.5) is 0 Å². The first kappa shape index (κ1) is 20.3. The minimum absolute atomic E-state index is 0.181. The summed E-state index contributed by atoms with van der Waals surface area (Å²) in [4.78, 5) is 0. The largest absolute Gasteiger partial charge is 0.507 e. The third kappa shape index (κ3) is 4.70. The summed E-state index contributed by atoms with van der Waals surface area (Å²) < 4.78 is 6.43. The zero-order chi connectivity index (χ0) is 19.4. The van der Waals surface area contributed by atoms with E-state index >= 15 is 0 Å². The van der Waals surface area contributed by atoms with Gasteiger partial charge in [-0.3, -0.25) is 0 Å². The van der Waals surface area contributed by atoms with Crippen LogP contribution in [-0.2, 0) is 6.42 Å². The van der Waals surface area contributed by atoms with Crippen molar-refractivity contribution in [2.24, 2.45) is 5.92 Å². The SMILES string of the molecule is CCCCCCCCCc1cc(O)c2c(c1)OC(C)(C)[C@@H]1CCC(C)=C[C@@H]21. The van der Waals surface area contributed by atoms with Crippen LogP contribution >= 0.6 is 0 Å². The second-order valence-electron chi connectivity index (χ2n) is 9.29. The number of hydrogen-bond acceptors (Lipinski definition) is 2.